The van der Waals surface area contributed by atoms with Gasteiger partial charge in [-0.05, 0) is 49.4 Å². The van der Waals surface area contributed by atoms with Crippen LogP contribution in [-0.2, 0) is 6.61 Å². The first-order valence-electron chi connectivity index (χ1n) is 9.86. The van der Waals surface area contributed by atoms with Gasteiger partial charge < -0.3 is 20.5 Å². The molecule has 31 heavy (non-hydrogen) atoms. The lowest BCUT2D eigenvalue weighted by molar-refractivity contribution is 0.102. The van der Waals surface area contributed by atoms with Crippen LogP contribution in [0.25, 0.3) is 10.9 Å². The summed E-state index contributed by atoms with van der Waals surface area (Å²) in [6.45, 7) is 2.15. The van der Waals surface area contributed by atoms with Crippen molar-refractivity contribution >= 4 is 28.2 Å². The van der Waals surface area contributed by atoms with E-state index in [9.17, 15) is 4.79 Å². The summed E-state index contributed by atoms with van der Waals surface area (Å²) in [5, 5.41) is 3.75. The summed E-state index contributed by atoms with van der Waals surface area (Å²) >= 11 is 0. The number of benzene rings is 3. The molecule has 0 spiro atoms. The number of aryl methyl sites for hydroxylation is 1. The molecule has 1 aromatic heterocycles. The van der Waals surface area contributed by atoms with E-state index in [1.807, 2.05) is 67.6 Å². The number of anilines is 2. The van der Waals surface area contributed by atoms with Crippen molar-refractivity contribution in [3.8, 4) is 11.5 Å². The minimum atomic E-state index is -0.220. The zero-order valence-corrected chi connectivity index (χ0v) is 17.4. The van der Waals surface area contributed by atoms with Crippen molar-refractivity contribution in [2.75, 3.05) is 18.2 Å². The first-order valence-corrected chi connectivity index (χ1v) is 9.86. The average molecular weight is 413 g/mol. The van der Waals surface area contributed by atoms with E-state index >= 15 is 0 Å². The molecule has 0 bridgehead atoms. The van der Waals surface area contributed by atoms with Crippen LogP contribution < -0.4 is 20.5 Å². The van der Waals surface area contributed by atoms with Gasteiger partial charge in [0.15, 0.2) is 0 Å². The molecule has 3 aromatic carbocycles. The molecule has 1 heterocycles. The predicted molar refractivity (Wildman–Crippen MR) is 123 cm³/mol. The number of fused-ring (bicyclic) bond motifs is 1. The molecule has 0 fully saturated rings. The second kappa shape index (κ2) is 8.75. The highest BCUT2D eigenvalue weighted by atomic mass is 16.5. The summed E-state index contributed by atoms with van der Waals surface area (Å²) in [7, 11) is 1.61. The van der Waals surface area contributed by atoms with E-state index in [0.717, 1.165) is 22.2 Å². The van der Waals surface area contributed by atoms with E-state index in [0.29, 0.717) is 28.4 Å². The number of ether oxygens (including phenoxy) is 2. The lowest BCUT2D eigenvalue weighted by atomic mass is 10.1. The summed E-state index contributed by atoms with van der Waals surface area (Å²) in [5.41, 5.74) is 10.4. The number of aromatic nitrogens is 1. The maximum atomic E-state index is 13.0. The van der Waals surface area contributed by atoms with Crippen LogP contribution in [-0.4, -0.2) is 18.0 Å². The Morgan fingerprint density at radius 3 is 2.65 bits per heavy atom. The molecule has 6 nitrogen and oxygen atoms in total. The van der Waals surface area contributed by atoms with Crippen molar-refractivity contribution in [2.45, 2.75) is 13.5 Å². The molecule has 0 aliphatic heterocycles. The summed E-state index contributed by atoms with van der Waals surface area (Å²) in [6, 6.07) is 22.0. The van der Waals surface area contributed by atoms with E-state index in [2.05, 4.69) is 10.3 Å². The lowest BCUT2D eigenvalue weighted by Gasteiger charge is -2.13. The zero-order chi connectivity index (χ0) is 21.8. The fraction of sp³-hybridized carbons (Fsp3) is 0.120. The number of nitrogen functional groups attached to an aromatic ring is 1. The molecule has 1 amide bonds. The van der Waals surface area contributed by atoms with Crippen LogP contribution in [0.4, 0.5) is 11.4 Å². The molecule has 0 aliphatic rings. The Kier molecular flexibility index (Phi) is 5.71. The van der Waals surface area contributed by atoms with Gasteiger partial charge in [0.2, 0.25) is 0 Å². The summed E-state index contributed by atoms with van der Waals surface area (Å²) in [5.74, 6) is 1.16. The Hall–Kier alpha value is -4.06. The molecule has 4 aromatic rings. The van der Waals surface area contributed by atoms with Crippen LogP contribution in [0.5, 0.6) is 11.5 Å². The SMILES string of the molecule is COc1cccc(OCc2ccccc2C(=O)Nc2ccc3nc(C)cc(N)c3c2)c1. The largest absolute Gasteiger partial charge is 0.497 e. The number of methoxy groups -OCH3 is 1. The van der Waals surface area contributed by atoms with Gasteiger partial charge in [-0.15, -0.1) is 0 Å². The molecule has 6 heteroatoms. The highest BCUT2D eigenvalue weighted by Gasteiger charge is 2.13. The van der Waals surface area contributed by atoms with Crippen LogP contribution in [0.3, 0.4) is 0 Å². The number of amides is 1. The van der Waals surface area contributed by atoms with Gasteiger partial charge in [0.25, 0.3) is 5.91 Å². The standard InChI is InChI=1S/C25H23N3O3/c1-16-12-23(26)22-13-18(10-11-24(22)27-16)28-25(29)21-9-4-3-6-17(21)15-31-20-8-5-7-19(14-20)30-2/h3-14H,15H2,1-2H3,(H2,26,27)(H,28,29). The van der Waals surface area contributed by atoms with Crippen molar-refractivity contribution in [3.63, 3.8) is 0 Å². The summed E-state index contributed by atoms with van der Waals surface area (Å²) in [6.07, 6.45) is 0. The number of nitrogens with one attached hydrogen (secondary N) is 1. The molecule has 0 atom stereocenters. The van der Waals surface area contributed by atoms with E-state index in [1.54, 1.807) is 19.2 Å². The number of hydrogen-bond donors (Lipinski definition) is 2. The summed E-state index contributed by atoms with van der Waals surface area (Å²) < 4.78 is 11.1. The predicted octanol–water partition coefficient (Wildman–Crippen LogP) is 4.97. The van der Waals surface area contributed by atoms with Crippen molar-refractivity contribution in [1.29, 1.82) is 0 Å². The fourth-order valence-corrected chi connectivity index (χ4v) is 3.39. The zero-order valence-electron chi connectivity index (χ0n) is 17.4. The Labute approximate surface area is 180 Å². The molecule has 4 rings (SSSR count). The molecule has 156 valence electrons. The van der Waals surface area contributed by atoms with Gasteiger partial charge in [-0.2, -0.15) is 0 Å². The molecular formula is C25H23N3O3. The van der Waals surface area contributed by atoms with Gasteiger partial charge in [-0.25, -0.2) is 0 Å². The second-order valence-electron chi connectivity index (χ2n) is 7.16. The fourth-order valence-electron chi connectivity index (χ4n) is 3.39. The molecule has 3 N–H and O–H groups in total. The van der Waals surface area contributed by atoms with E-state index in [-0.39, 0.29) is 12.5 Å². The number of nitrogens with two attached hydrogens (primary N) is 1. The highest BCUT2D eigenvalue weighted by Crippen LogP contribution is 2.25. The van der Waals surface area contributed by atoms with Crippen molar-refractivity contribution < 1.29 is 14.3 Å². The second-order valence-corrected chi connectivity index (χ2v) is 7.16. The molecule has 0 unspecified atom stereocenters. The smallest absolute Gasteiger partial charge is 0.256 e. The Balaban J connectivity index is 1.53. The molecular weight excluding hydrogens is 390 g/mol. The Bertz CT molecular complexity index is 1250. The third kappa shape index (κ3) is 4.59. The topological polar surface area (TPSA) is 86.5 Å². The van der Waals surface area contributed by atoms with Crippen LogP contribution in [0.2, 0.25) is 0 Å². The van der Waals surface area contributed by atoms with Gasteiger partial charge in [-0.3, -0.25) is 9.78 Å². The molecule has 0 aliphatic carbocycles. The first kappa shape index (κ1) is 20.2. The number of pyridine rings is 1. The quantitative estimate of drug-likeness (QED) is 0.466. The maximum Gasteiger partial charge on any atom is 0.256 e. The molecule has 0 radical (unpaired) electrons. The minimum Gasteiger partial charge on any atom is -0.497 e. The number of carbonyl (C=O) groups is 1. The number of rotatable bonds is 6. The number of hydrogen-bond acceptors (Lipinski definition) is 5. The van der Waals surface area contributed by atoms with Gasteiger partial charge in [0.1, 0.15) is 18.1 Å². The third-order valence-corrected chi connectivity index (χ3v) is 4.92. The third-order valence-electron chi connectivity index (χ3n) is 4.92. The number of carbonyl (C=O) groups excluding carboxylic acids is 1. The lowest BCUT2D eigenvalue weighted by Crippen LogP contribution is -2.15. The van der Waals surface area contributed by atoms with Crippen molar-refractivity contribution in [3.05, 3.63) is 89.6 Å². The Morgan fingerprint density at radius 2 is 1.81 bits per heavy atom. The maximum absolute atomic E-state index is 13.0. The normalized spacial score (nSPS) is 10.6. The molecule has 0 saturated heterocycles. The summed E-state index contributed by atoms with van der Waals surface area (Å²) in [4.78, 5) is 17.5. The van der Waals surface area contributed by atoms with Crippen molar-refractivity contribution in [2.24, 2.45) is 0 Å². The van der Waals surface area contributed by atoms with E-state index in [1.165, 1.54) is 0 Å². The molecule has 0 saturated carbocycles. The Morgan fingerprint density at radius 1 is 1.00 bits per heavy atom. The van der Waals surface area contributed by atoms with Crippen molar-refractivity contribution in [1.82, 2.24) is 4.98 Å². The minimum absolute atomic E-state index is 0.220. The first-order chi connectivity index (χ1) is 15.0. The van der Waals surface area contributed by atoms with Crippen LogP contribution >= 0.6 is 0 Å². The monoisotopic (exact) mass is 413 g/mol. The van der Waals surface area contributed by atoms with Crippen LogP contribution in [0.15, 0.2) is 72.8 Å². The highest BCUT2D eigenvalue weighted by molar-refractivity contribution is 6.06. The van der Waals surface area contributed by atoms with Gasteiger partial charge in [0.05, 0.1) is 12.6 Å². The van der Waals surface area contributed by atoms with E-state index < -0.39 is 0 Å². The van der Waals surface area contributed by atoms with Crippen LogP contribution in [0.1, 0.15) is 21.6 Å². The van der Waals surface area contributed by atoms with Crippen LogP contribution in [0, 0.1) is 6.92 Å². The van der Waals surface area contributed by atoms with E-state index in [4.69, 9.17) is 15.2 Å². The van der Waals surface area contributed by atoms with Gasteiger partial charge in [0, 0.05) is 39.6 Å². The van der Waals surface area contributed by atoms with Gasteiger partial charge in [-0.1, -0.05) is 24.3 Å². The number of nitrogens with zero attached hydrogens (tertiary/aromatic N) is 1. The van der Waals surface area contributed by atoms with Gasteiger partial charge >= 0.3 is 0 Å². The average Bonchev–Trinajstić information content (AvgIpc) is 2.78.